The van der Waals surface area contributed by atoms with Gasteiger partial charge in [0.25, 0.3) is 0 Å². The maximum Gasteiger partial charge on any atom is 0.160 e. The van der Waals surface area contributed by atoms with Crippen molar-refractivity contribution in [3.05, 3.63) is 12.2 Å². The summed E-state index contributed by atoms with van der Waals surface area (Å²) in [5.74, 6) is 0.0492. The molecular weight excluding hydrogens is 128 g/mol. The molecule has 2 heteroatoms. The maximum absolute atomic E-state index is 11.0. The Labute approximate surface area is 61.6 Å². The molecule has 0 rings (SSSR count). The van der Waals surface area contributed by atoms with Crippen LogP contribution in [0.3, 0.4) is 0 Å². The van der Waals surface area contributed by atoms with Crippen LogP contribution in [0, 0.1) is 5.92 Å². The lowest BCUT2D eigenvalue weighted by Crippen LogP contribution is -2.10. The summed E-state index contributed by atoms with van der Waals surface area (Å²) in [6.07, 6.45) is 0.400. The van der Waals surface area contributed by atoms with Crippen LogP contribution >= 0.6 is 0 Å². The van der Waals surface area contributed by atoms with E-state index in [4.69, 9.17) is 5.11 Å². The number of Topliss-reactive ketones (excluding diaryl/α,β-unsaturated/α-hetero) is 1. The second-order valence-electron chi connectivity index (χ2n) is 2.60. The number of carbonyl (C=O) groups excluding carboxylic acids is 1. The number of hydrogen-bond donors (Lipinski definition) is 1. The van der Waals surface area contributed by atoms with E-state index in [0.29, 0.717) is 12.0 Å². The van der Waals surface area contributed by atoms with Crippen molar-refractivity contribution in [1.82, 2.24) is 0 Å². The van der Waals surface area contributed by atoms with E-state index in [1.165, 1.54) is 0 Å². The van der Waals surface area contributed by atoms with Gasteiger partial charge < -0.3 is 5.11 Å². The van der Waals surface area contributed by atoms with Gasteiger partial charge in [0, 0.05) is 12.5 Å². The molecule has 0 saturated heterocycles. The first-order chi connectivity index (χ1) is 4.59. The Morgan fingerprint density at radius 2 is 2.10 bits per heavy atom. The van der Waals surface area contributed by atoms with Gasteiger partial charge >= 0.3 is 0 Å². The quantitative estimate of drug-likeness (QED) is 0.598. The highest BCUT2D eigenvalue weighted by Crippen LogP contribution is 2.06. The summed E-state index contributed by atoms with van der Waals surface area (Å²) >= 11 is 0. The highest BCUT2D eigenvalue weighted by molar-refractivity contribution is 5.96. The highest BCUT2D eigenvalue weighted by atomic mass is 16.3. The van der Waals surface area contributed by atoms with E-state index < -0.39 is 0 Å². The van der Waals surface area contributed by atoms with E-state index >= 15 is 0 Å². The van der Waals surface area contributed by atoms with Crippen LogP contribution in [-0.2, 0) is 4.79 Å². The molecule has 0 aromatic heterocycles. The predicted octanol–water partition coefficient (Wildman–Crippen LogP) is 1.15. The minimum absolute atomic E-state index is 0.000880. The lowest BCUT2D eigenvalue weighted by molar-refractivity contribution is -0.118. The molecule has 0 aromatic rings. The van der Waals surface area contributed by atoms with Crippen molar-refractivity contribution in [2.45, 2.75) is 20.3 Å². The fraction of sp³-hybridized carbons (Fsp3) is 0.625. The smallest absolute Gasteiger partial charge is 0.160 e. The van der Waals surface area contributed by atoms with Crippen molar-refractivity contribution in [3.63, 3.8) is 0 Å². The van der Waals surface area contributed by atoms with Crippen LogP contribution < -0.4 is 0 Å². The molecule has 0 aliphatic rings. The molecule has 0 fully saturated rings. The predicted molar refractivity (Wildman–Crippen MR) is 40.7 cm³/mol. The Morgan fingerprint density at radius 1 is 1.60 bits per heavy atom. The minimum Gasteiger partial charge on any atom is -0.396 e. The molecule has 1 N–H and O–H groups in total. The average molecular weight is 142 g/mol. The molecule has 0 bridgehead atoms. The van der Waals surface area contributed by atoms with Crippen LogP contribution in [-0.4, -0.2) is 17.5 Å². The van der Waals surface area contributed by atoms with Gasteiger partial charge in [-0.1, -0.05) is 20.4 Å². The monoisotopic (exact) mass is 142 g/mol. The second-order valence-corrected chi connectivity index (χ2v) is 2.60. The maximum atomic E-state index is 11.0. The molecule has 0 aliphatic carbocycles. The third-order valence-electron chi connectivity index (χ3n) is 1.29. The minimum atomic E-state index is -0.000880. The van der Waals surface area contributed by atoms with Gasteiger partial charge in [-0.25, -0.2) is 0 Å². The molecule has 10 heavy (non-hydrogen) atoms. The molecule has 0 saturated carbocycles. The molecule has 58 valence electrons. The van der Waals surface area contributed by atoms with Gasteiger partial charge in [-0.15, -0.1) is 0 Å². The topological polar surface area (TPSA) is 37.3 Å². The molecule has 0 unspecified atom stereocenters. The van der Waals surface area contributed by atoms with Crippen molar-refractivity contribution in [3.8, 4) is 0 Å². The van der Waals surface area contributed by atoms with Gasteiger partial charge in [-0.2, -0.15) is 0 Å². The van der Waals surface area contributed by atoms with Crippen LogP contribution in [0.15, 0.2) is 12.2 Å². The number of ketones is 1. The van der Waals surface area contributed by atoms with E-state index in [-0.39, 0.29) is 18.3 Å². The van der Waals surface area contributed by atoms with E-state index in [2.05, 4.69) is 6.58 Å². The Morgan fingerprint density at radius 3 is 2.40 bits per heavy atom. The number of aliphatic hydroxyl groups is 1. The van der Waals surface area contributed by atoms with E-state index in [1.807, 2.05) is 13.8 Å². The number of aliphatic hydroxyl groups excluding tert-OH is 1. The third kappa shape index (κ3) is 2.78. The van der Waals surface area contributed by atoms with E-state index in [9.17, 15) is 4.79 Å². The summed E-state index contributed by atoms with van der Waals surface area (Å²) in [6, 6.07) is 0. The number of rotatable bonds is 4. The zero-order valence-corrected chi connectivity index (χ0v) is 6.55. The molecule has 0 atom stereocenters. The summed E-state index contributed by atoms with van der Waals surface area (Å²) in [6.45, 7) is 7.22. The van der Waals surface area contributed by atoms with Crippen LogP contribution in [0.4, 0.5) is 0 Å². The molecular formula is C8H14O2. The number of carbonyl (C=O) groups is 1. The Hall–Kier alpha value is -0.630. The zero-order valence-electron chi connectivity index (χ0n) is 6.55. The Balaban J connectivity index is 3.83. The molecule has 0 aromatic carbocycles. The second kappa shape index (κ2) is 4.23. The molecule has 0 amide bonds. The average Bonchev–Trinajstić information content (AvgIpc) is 1.87. The molecule has 0 heterocycles. The summed E-state index contributed by atoms with van der Waals surface area (Å²) in [5.41, 5.74) is 0.525. The largest absolute Gasteiger partial charge is 0.396 e. The standard InChI is InChI=1S/C8H14O2/c1-6(2)8(10)7(3)4-5-9/h6,9H,3-5H2,1-2H3. The fourth-order valence-electron chi connectivity index (χ4n) is 0.666. The van der Waals surface area contributed by atoms with Crippen LogP contribution in [0.2, 0.25) is 0 Å². The molecule has 0 radical (unpaired) electrons. The summed E-state index contributed by atoms with van der Waals surface area (Å²) in [7, 11) is 0. The van der Waals surface area contributed by atoms with Crippen molar-refractivity contribution in [2.24, 2.45) is 5.92 Å². The summed E-state index contributed by atoms with van der Waals surface area (Å²) in [4.78, 5) is 11.0. The van der Waals surface area contributed by atoms with E-state index in [1.54, 1.807) is 0 Å². The van der Waals surface area contributed by atoms with Gasteiger partial charge in [0.1, 0.15) is 0 Å². The van der Waals surface area contributed by atoms with Crippen LogP contribution in [0.1, 0.15) is 20.3 Å². The third-order valence-corrected chi connectivity index (χ3v) is 1.29. The summed E-state index contributed by atoms with van der Waals surface area (Å²) < 4.78 is 0. The lowest BCUT2D eigenvalue weighted by Gasteiger charge is -2.04. The fourth-order valence-corrected chi connectivity index (χ4v) is 0.666. The zero-order chi connectivity index (χ0) is 8.15. The van der Waals surface area contributed by atoms with Crippen molar-refractivity contribution in [2.75, 3.05) is 6.61 Å². The summed E-state index contributed by atoms with van der Waals surface area (Å²) in [5, 5.41) is 8.45. The van der Waals surface area contributed by atoms with Crippen LogP contribution in [0.5, 0.6) is 0 Å². The van der Waals surface area contributed by atoms with Gasteiger partial charge in [0.2, 0.25) is 0 Å². The van der Waals surface area contributed by atoms with Crippen molar-refractivity contribution < 1.29 is 9.90 Å². The van der Waals surface area contributed by atoms with Crippen molar-refractivity contribution >= 4 is 5.78 Å². The first-order valence-electron chi connectivity index (χ1n) is 3.42. The molecule has 2 nitrogen and oxygen atoms in total. The van der Waals surface area contributed by atoms with E-state index in [0.717, 1.165) is 0 Å². The van der Waals surface area contributed by atoms with Crippen molar-refractivity contribution in [1.29, 1.82) is 0 Å². The normalized spacial score (nSPS) is 10.0. The van der Waals surface area contributed by atoms with Gasteiger partial charge in [-0.3, -0.25) is 4.79 Å². The lowest BCUT2D eigenvalue weighted by atomic mass is 10.0. The first-order valence-corrected chi connectivity index (χ1v) is 3.42. The number of hydrogen-bond acceptors (Lipinski definition) is 2. The van der Waals surface area contributed by atoms with Gasteiger partial charge in [0.05, 0.1) is 0 Å². The highest BCUT2D eigenvalue weighted by Gasteiger charge is 2.09. The SMILES string of the molecule is C=C(CCO)C(=O)C(C)C. The first kappa shape index (κ1) is 9.37. The Bertz CT molecular complexity index is 136. The molecule has 0 aliphatic heterocycles. The van der Waals surface area contributed by atoms with Crippen LogP contribution in [0.25, 0.3) is 0 Å². The molecule has 0 spiro atoms. The van der Waals surface area contributed by atoms with Gasteiger partial charge in [-0.05, 0) is 12.0 Å². The van der Waals surface area contributed by atoms with Gasteiger partial charge in [0.15, 0.2) is 5.78 Å². The Kier molecular flexibility index (Phi) is 3.96.